The van der Waals surface area contributed by atoms with Gasteiger partial charge < -0.3 is 14.8 Å². The minimum atomic E-state index is -1.05. The molecule has 2 aliphatic heterocycles. The Hall–Kier alpha value is -5.44. The number of nitrogens with zero attached hydrogens (tertiary/aromatic N) is 2. The van der Waals surface area contributed by atoms with Gasteiger partial charge in [0.1, 0.15) is 0 Å². The zero-order valence-corrected chi connectivity index (χ0v) is 22.9. The maximum Gasteiger partial charge on any atom is 0.259 e. The fourth-order valence-corrected chi connectivity index (χ4v) is 7.32. The maximum absolute atomic E-state index is 14.3. The molecule has 4 aromatic carbocycles. The molecule has 1 saturated heterocycles. The Kier molecular flexibility index (Phi) is 5.62. The van der Waals surface area contributed by atoms with Crippen molar-refractivity contribution < 1.29 is 23.9 Å². The van der Waals surface area contributed by atoms with Crippen LogP contribution in [0, 0.1) is 11.8 Å². The molecule has 2 heterocycles. The number of fused-ring (bicyclic) bond motifs is 1. The number of hydrogen-bond donors (Lipinski definition) is 2. The van der Waals surface area contributed by atoms with Crippen LogP contribution < -0.4 is 25.1 Å². The smallest absolute Gasteiger partial charge is 0.259 e. The van der Waals surface area contributed by atoms with Crippen LogP contribution in [-0.2, 0) is 19.8 Å². The van der Waals surface area contributed by atoms with Gasteiger partial charge in [-0.2, -0.15) is 5.10 Å². The zero-order valence-electron chi connectivity index (χ0n) is 22.9. The van der Waals surface area contributed by atoms with E-state index in [4.69, 9.17) is 9.47 Å². The van der Waals surface area contributed by atoms with Crippen molar-refractivity contribution in [3.8, 4) is 11.5 Å². The molecule has 0 aromatic heterocycles. The van der Waals surface area contributed by atoms with Gasteiger partial charge in [-0.15, -0.1) is 0 Å². The van der Waals surface area contributed by atoms with E-state index in [-0.39, 0.29) is 37.0 Å². The monoisotopic (exact) mass is 570 g/mol. The number of imide groups is 1. The predicted molar refractivity (Wildman–Crippen MR) is 159 cm³/mol. The molecular formula is C34H26N4O5. The number of amides is 3. The molecule has 5 aliphatic rings. The van der Waals surface area contributed by atoms with Crippen LogP contribution in [0.1, 0.15) is 28.2 Å². The molecule has 2 N–H and O–H groups in total. The first-order valence-electron chi connectivity index (χ1n) is 14.2. The Morgan fingerprint density at radius 1 is 0.860 bits per heavy atom. The van der Waals surface area contributed by atoms with Gasteiger partial charge in [-0.3, -0.25) is 14.4 Å². The normalized spacial score (nSPS) is 24.1. The summed E-state index contributed by atoms with van der Waals surface area (Å²) >= 11 is 0. The highest BCUT2D eigenvalue weighted by Crippen LogP contribution is 2.63. The van der Waals surface area contributed by atoms with E-state index in [0.29, 0.717) is 22.9 Å². The summed E-state index contributed by atoms with van der Waals surface area (Å²) in [5.74, 6) is -1.17. The molecule has 9 nitrogen and oxygen atoms in total. The van der Waals surface area contributed by atoms with Crippen molar-refractivity contribution in [2.75, 3.05) is 23.6 Å². The average Bonchev–Trinajstić information content (AvgIpc) is 3.62. The summed E-state index contributed by atoms with van der Waals surface area (Å²) < 4.78 is 10.8. The Labute approximate surface area is 247 Å². The van der Waals surface area contributed by atoms with E-state index in [0.717, 1.165) is 22.3 Å². The summed E-state index contributed by atoms with van der Waals surface area (Å²) in [4.78, 5) is 42.7. The number of carbonyl (C=O) groups excluding carboxylic acids is 3. The summed E-state index contributed by atoms with van der Waals surface area (Å²) in [6, 6.07) is 30.3. The molecule has 0 spiro atoms. The minimum Gasteiger partial charge on any atom is -0.454 e. The topological polar surface area (TPSA) is 109 Å². The molecule has 9 rings (SSSR count). The fourth-order valence-electron chi connectivity index (χ4n) is 7.32. The SMILES string of the molecule is O=C(CNc1ccc2c(c1)OCO2)N/N=C\C12c3ccccc3C(c3ccccc31)[C@H]1C(=O)N(c3ccccc3)C(=O)[C@H]12. The number of rotatable bonds is 6. The largest absolute Gasteiger partial charge is 0.454 e. The van der Waals surface area contributed by atoms with Crippen LogP contribution in [-0.4, -0.2) is 37.3 Å². The Morgan fingerprint density at radius 2 is 1.53 bits per heavy atom. The lowest BCUT2D eigenvalue weighted by Gasteiger charge is -2.52. The summed E-state index contributed by atoms with van der Waals surface area (Å²) in [5, 5.41) is 7.53. The lowest BCUT2D eigenvalue weighted by atomic mass is 9.47. The maximum atomic E-state index is 14.3. The third-order valence-electron chi connectivity index (χ3n) is 8.98. The Balaban J connectivity index is 1.16. The Morgan fingerprint density at radius 3 is 2.28 bits per heavy atom. The zero-order chi connectivity index (χ0) is 29.1. The van der Waals surface area contributed by atoms with Crippen LogP contribution in [0.3, 0.4) is 0 Å². The van der Waals surface area contributed by atoms with E-state index in [2.05, 4.69) is 15.8 Å². The van der Waals surface area contributed by atoms with Gasteiger partial charge in [0.15, 0.2) is 11.5 Å². The number of nitrogens with one attached hydrogen (secondary N) is 2. The number of anilines is 2. The van der Waals surface area contributed by atoms with Gasteiger partial charge in [0, 0.05) is 23.9 Å². The van der Waals surface area contributed by atoms with Gasteiger partial charge in [0.2, 0.25) is 18.6 Å². The molecule has 1 fully saturated rings. The van der Waals surface area contributed by atoms with Crippen LogP contribution in [0.25, 0.3) is 0 Å². The number of benzene rings is 4. The second-order valence-corrected chi connectivity index (χ2v) is 11.1. The van der Waals surface area contributed by atoms with Crippen molar-refractivity contribution in [1.29, 1.82) is 0 Å². The van der Waals surface area contributed by atoms with Gasteiger partial charge in [-0.05, 0) is 46.5 Å². The number of hydrazone groups is 1. The molecular weight excluding hydrogens is 544 g/mol. The van der Waals surface area contributed by atoms with Crippen LogP contribution in [0.15, 0.2) is 102 Å². The first kappa shape index (κ1) is 25.3. The quantitative estimate of drug-likeness (QED) is 0.205. The minimum absolute atomic E-state index is 0.0372. The second kappa shape index (κ2) is 9.55. The van der Waals surface area contributed by atoms with E-state index < -0.39 is 17.3 Å². The van der Waals surface area contributed by atoms with Crippen molar-refractivity contribution in [3.05, 3.63) is 119 Å². The highest BCUT2D eigenvalue weighted by atomic mass is 16.7. The van der Waals surface area contributed by atoms with Gasteiger partial charge in [0.05, 0.1) is 29.5 Å². The third kappa shape index (κ3) is 3.64. The summed E-state index contributed by atoms with van der Waals surface area (Å²) in [5.41, 5.74) is 6.69. The molecule has 9 heteroatoms. The number of ether oxygens (including phenoxy) is 2. The van der Waals surface area contributed by atoms with Crippen LogP contribution in [0.4, 0.5) is 11.4 Å². The van der Waals surface area contributed by atoms with Gasteiger partial charge >= 0.3 is 0 Å². The van der Waals surface area contributed by atoms with E-state index in [1.54, 1.807) is 36.5 Å². The second-order valence-electron chi connectivity index (χ2n) is 11.1. The molecule has 43 heavy (non-hydrogen) atoms. The average molecular weight is 571 g/mol. The van der Waals surface area contributed by atoms with Gasteiger partial charge in [-0.25, -0.2) is 10.3 Å². The summed E-state index contributed by atoms with van der Waals surface area (Å²) in [6.07, 6.45) is 1.66. The summed E-state index contributed by atoms with van der Waals surface area (Å²) in [6.45, 7) is 0.131. The molecule has 0 radical (unpaired) electrons. The van der Waals surface area contributed by atoms with Crippen molar-refractivity contribution in [3.63, 3.8) is 0 Å². The van der Waals surface area contributed by atoms with E-state index in [1.807, 2.05) is 66.7 Å². The van der Waals surface area contributed by atoms with Crippen LogP contribution in [0.2, 0.25) is 0 Å². The summed E-state index contributed by atoms with van der Waals surface area (Å²) in [7, 11) is 0. The first-order chi connectivity index (χ1) is 21.1. The number of para-hydroxylation sites is 1. The van der Waals surface area contributed by atoms with Crippen LogP contribution in [0.5, 0.6) is 11.5 Å². The van der Waals surface area contributed by atoms with Crippen molar-refractivity contribution >= 4 is 35.3 Å². The molecule has 3 amide bonds. The number of hydrogen-bond acceptors (Lipinski definition) is 7. The van der Waals surface area contributed by atoms with E-state index >= 15 is 0 Å². The molecule has 4 aromatic rings. The van der Waals surface area contributed by atoms with Gasteiger partial charge in [-0.1, -0.05) is 66.7 Å². The van der Waals surface area contributed by atoms with E-state index in [1.165, 1.54) is 4.90 Å². The third-order valence-corrected chi connectivity index (χ3v) is 8.98. The molecule has 3 aliphatic carbocycles. The van der Waals surface area contributed by atoms with Crippen LogP contribution >= 0.6 is 0 Å². The molecule has 2 atom stereocenters. The molecule has 2 bridgehead atoms. The molecule has 212 valence electrons. The Bertz CT molecular complexity index is 1790. The van der Waals surface area contributed by atoms with Crippen molar-refractivity contribution in [2.24, 2.45) is 16.9 Å². The lowest BCUT2D eigenvalue weighted by molar-refractivity contribution is -0.122. The number of carbonyl (C=O) groups is 3. The van der Waals surface area contributed by atoms with Crippen molar-refractivity contribution in [2.45, 2.75) is 11.3 Å². The van der Waals surface area contributed by atoms with E-state index in [9.17, 15) is 14.4 Å². The molecule has 0 saturated carbocycles. The lowest BCUT2D eigenvalue weighted by Crippen LogP contribution is -2.54. The van der Waals surface area contributed by atoms with Gasteiger partial charge in [0.25, 0.3) is 5.91 Å². The van der Waals surface area contributed by atoms with Crippen molar-refractivity contribution in [1.82, 2.24) is 5.43 Å². The predicted octanol–water partition coefficient (Wildman–Crippen LogP) is 4.18. The highest BCUT2D eigenvalue weighted by molar-refractivity contribution is 6.25. The standard InChI is InChI=1S/C34H26N4O5/c39-28(17-35-20-14-15-26-27(16-20)43-19-42-26)37-36-18-34-24-12-6-4-10-22(24)29(23-11-5-7-13-25(23)34)30-31(34)33(41)38(32(30)40)21-8-2-1-3-9-21/h1-16,18,29-31,35H,17,19H2,(H,37,39)/b36-18-/t29?,30-,31+,34?/m1/s1. The highest BCUT2D eigenvalue weighted by Gasteiger charge is 2.68. The fraction of sp³-hybridized carbons (Fsp3) is 0.176. The first-order valence-corrected chi connectivity index (χ1v) is 14.2. The molecule has 0 unspecified atom stereocenters.